The summed E-state index contributed by atoms with van der Waals surface area (Å²) in [6, 6.07) is 3.84. The molecule has 2 N–H and O–H groups in total. The van der Waals surface area contributed by atoms with E-state index >= 15 is 0 Å². The number of carboxylic acids is 1. The maximum absolute atomic E-state index is 13.4. The van der Waals surface area contributed by atoms with Crippen molar-refractivity contribution >= 4 is 11.7 Å². The zero-order chi connectivity index (χ0) is 11.6. The smallest absolute Gasteiger partial charge is 0.337 e. The van der Waals surface area contributed by atoms with Crippen LogP contribution in [0, 0.1) is 5.82 Å². The van der Waals surface area contributed by atoms with Gasteiger partial charge in [-0.05, 0) is 17.7 Å². The number of anilines is 1. The summed E-state index contributed by atoms with van der Waals surface area (Å²) in [7, 11) is 3.34. The maximum atomic E-state index is 13.4. The van der Waals surface area contributed by atoms with Crippen molar-refractivity contribution in [2.45, 2.75) is 6.10 Å². The minimum absolute atomic E-state index is 0.0330. The van der Waals surface area contributed by atoms with E-state index in [1.807, 2.05) is 0 Å². The molecule has 82 valence electrons. The summed E-state index contributed by atoms with van der Waals surface area (Å²) in [5.41, 5.74) is 0.377. The Morgan fingerprint density at radius 3 is 2.47 bits per heavy atom. The molecule has 1 atom stereocenters. The van der Waals surface area contributed by atoms with Crippen LogP contribution in [0.25, 0.3) is 0 Å². The van der Waals surface area contributed by atoms with Gasteiger partial charge in [-0.25, -0.2) is 9.18 Å². The topological polar surface area (TPSA) is 60.8 Å². The first kappa shape index (κ1) is 11.5. The number of aliphatic carboxylic acids is 1. The molecule has 5 heteroatoms. The molecule has 0 saturated heterocycles. The Morgan fingerprint density at radius 1 is 1.47 bits per heavy atom. The van der Waals surface area contributed by atoms with Gasteiger partial charge in [0.15, 0.2) is 6.10 Å². The number of carbonyl (C=O) groups is 1. The number of hydrogen-bond acceptors (Lipinski definition) is 3. The molecule has 0 aromatic heterocycles. The van der Waals surface area contributed by atoms with Gasteiger partial charge >= 0.3 is 5.97 Å². The molecular weight excluding hydrogens is 201 g/mol. The summed E-state index contributed by atoms with van der Waals surface area (Å²) < 4.78 is 13.4. The van der Waals surface area contributed by atoms with Crippen molar-refractivity contribution in [3.05, 3.63) is 29.6 Å². The van der Waals surface area contributed by atoms with E-state index in [1.54, 1.807) is 19.0 Å². The van der Waals surface area contributed by atoms with Crippen LogP contribution in [0.2, 0.25) is 0 Å². The number of benzene rings is 1. The average molecular weight is 213 g/mol. The van der Waals surface area contributed by atoms with Gasteiger partial charge in [-0.15, -0.1) is 0 Å². The average Bonchev–Trinajstić information content (AvgIpc) is 2.15. The first-order chi connectivity index (χ1) is 6.93. The van der Waals surface area contributed by atoms with E-state index < -0.39 is 17.9 Å². The third-order valence-electron chi connectivity index (χ3n) is 2.00. The molecule has 0 fully saturated rings. The van der Waals surface area contributed by atoms with Crippen LogP contribution in [0.1, 0.15) is 11.7 Å². The minimum atomic E-state index is -1.68. The molecule has 0 aliphatic rings. The van der Waals surface area contributed by atoms with Crippen LogP contribution >= 0.6 is 0 Å². The normalized spacial score (nSPS) is 12.3. The van der Waals surface area contributed by atoms with Gasteiger partial charge in [-0.3, -0.25) is 0 Å². The highest BCUT2D eigenvalue weighted by Gasteiger charge is 2.17. The lowest BCUT2D eigenvalue weighted by molar-refractivity contribution is -0.146. The molecule has 1 aromatic rings. The third kappa shape index (κ3) is 2.44. The highest BCUT2D eigenvalue weighted by molar-refractivity contribution is 5.74. The second-order valence-electron chi connectivity index (χ2n) is 3.35. The highest BCUT2D eigenvalue weighted by Crippen LogP contribution is 2.22. The van der Waals surface area contributed by atoms with Gasteiger partial charge in [0.2, 0.25) is 0 Å². The summed E-state index contributed by atoms with van der Waals surface area (Å²) in [6.07, 6.45) is -1.68. The van der Waals surface area contributed by atoms with Crippen LogP contribution in [0.5, 0.6) is 0 Å². The lowest BCUT2D eigenvalue weighted by Gasteiger charge is -2.14. The van der Waals surface area contributed by atoms with E-state index in [0.717, 1.165) is 6.07 Å². The monoisotopic (exact) mass is 213 g/mol. The molecule has 0 heterocycles. The van der Waals surface area contributed by atoms with Crippen molar-refractivity contribution in [3.8, 4) is 0 Å². The number of carboxylic acid groups (broad SMARTS) is 1. The fourth-order valence-corrected chi connectivity index (χ4v) is 1.20. The summed E-state index contributed by atoms with van der Waals surface area (Å²) in [6.45, 7) is 0. The molecule has 0 spiro atoms. The van der Waals surface area contributed by atoms with Gasteiger partial charge in [0.1, 0.15) is 5.82 Å². The number of rotatable bonds is 3. The Balaban J connectivity index is 3.06. The van der Waals surface area contributed by atoms with Crippen LogP contribution in [0.4, 0.5) is 10.1 Å². The molecule has 15 heavy (non-hydrogen) atoms. The van der Waals surface area contributed by atoms with E-state index in [0.29, 0.717) is 5.69 Å². The predicted molar refractivity (Wildman–Crippen MR) is 53.3 cm³/mol. The SMILES string of the molecule is CN(C)c1ccc(C(O)C(=O)O)cc1F. The molecule has 0 aliphatic carbocycles. The van der Waals surface area contributed by atoms with Gasteiger partial charge in [0, 0.05) is 14.1 Å². The molecular formula is C10H12FNO3. The van der Waals surface area contributed by atoms with Crippen LogP contribution in [-0.4, -0.2) is 30.3 Å². The molecule has 1 rings (SSSR count). The van der Waals surface area contributed by atoms with Gasteiger partial charge in [-0.2, -0.15) is 0 Å². The summed E-state index contributed by atoms with van der Waals surface area (Å²) in [5, 5.41) is 17.7. The summed E-state index contributed by atoms with van der Waals surface area (Å²) in [5.74, 6) is -1.95. The van der Waals surface area contributed by atoms with Crippen LogP contribution in [0.3, 0.4) is 0 Å². The van der Waals surface area contributed by atoms with Crippen LogP contribution in [0.15, 0.2) is 18.2 Å². The van der Waals surface area contributed by atoms with Crippen LogP contribution < -0.4 is 4.90 Å². The summed E-state index contributed by atoms with van der Waals surface area (Å²) >= 11 is 0. The Bertz CT molecular complexity index is 379. The minimum Gasteiger partial charge on any atom is -0.479 e. The number of nitrogens with zero attached hydrogens (tertiary/aromatic N) is 1. The standard InChI is InChI=1S/C10H12FNO3/c1-12(2)8-4-3-6(5-7(8)11)9(13)10(14)15/h3-5,9,13H,1-2H3,(H,14,15). The number of aliphatic hydroxyl groups is 1. The van der Waals surface area contributed by atoms with Gasteiger partial charge in [0.05, 0.1) is 5.69 Å². The molecule has 4 nitrogen and oxygen atoms in total. The zero-order valence-electron chi connectivity index (χ0n) is 8.44. The van der Waals surface area contributed by atoms with E-state index in [4.69, 9.17) is 5.11 Å². The van der Waals surface area contributed by atoms with Crippen molar-refractivity contribution in [1.29, 1.82) is 0 Å². The number of halogens is 1. The third-order valence-corrected chi connectivity index (χ3v) is 2.00. The fourth-order valence-electron chi connectivity index (χ4n) is 1.20. The summed E-state index contributed by atoms with van der Waals surface area (Å²) in [4.78, 5) is 12.0. The zero-order valence-corrected chi connectivity index (χ0v) is 8.44. The molecule has 1 unspecified atom stereocenters. The van der Waals surface area contributed by atoms with Crippen molar-refractivity contribution < 1.29 is 19.4 Å². The maximum Gasteiger partial charge on any atom is 0.337 e. The highest BCUT2D eigenvalue weighted by atomic mass is 19.1. The van der Waals surface area contributed by atoms with Crippen molar-refractivity contribution in [1.82, 2.24) is 0 Å². The predicted octanol–water partition coefficient (Wildman–Crippen LogP) is 1.01. The lowest BCUT2D eigenvalue weighted by atomic mass is 10.1. The molecule has 0 aliphatic heterocycles. The van der Waals surface area contributed by atoms with Crippen molar-refractivity contribution in [2.24, 2.45) is 0 Å². The van der Waals surface area contributed by atoms with E-state index in [9.17, 15) is 14.3 Å². The molecule has 0 bridgehead atoms. The van der Waals surface area contributed by atoms with Gasteiger partial charge < -0.3 is 15.1 Å². The Hall–Kier alpha value is -1.62. The number of aliphatic hydroxyl groups excluding tert-OH is 1. The van der Waals surface area contributed by atoms with Gasteiger partial charge in [0.25, 0.3) is 0 Å². The second kappa shape index (κ2) is 4.27. The second-order valence-corrected chi connectivity index (χ2v) is 3.35. The molecule has 0 saturated carbocycles. The molecule has 0 amide bonds. The number of hydrogen-bond donors (Lipinski definition) is 2. The van der Waals surface area contributed by atoms with E-state index in [-0.39, 0.29) is 5.56 Å². The van der Waals surface area contributed by atoms with E-state index in [2.05, 4.69) is 0 Å². The largest absolute Gasteiger partial charge is 0.479 e. The van der Waals surface area contributed by atoms with Gasteiger partial charge in [-0.1, -0.05) is 6.07 Å². The fraction of sp³-hybridized carbons (Fsp3) is 0.300. The Kier molecular flexibility index (Phi) is 3.26. The molecule has 1 aromatic carbocycles. The van der Waals surface area contributed by atoms with E-state index in [1.165, 1.54) is 12.1 Å². The van der Waals surface area contributed by atoms with Crippen molar-refractivity contribution in [3.63, 3.8) is 0 Å². The van der Waals surface area contributed by atoms with Crippen LogP contribution in [-0.2, 0) is 4.79 Å². The first-order valence-corrected chi connectivity index (χ1v) is 4.31. The molecule has 0 radical (unpaired) electrons. The van der Waals surface area contributed by atoms with Crippen molar-refractivity contribution in [2.75, 3.05) is 19.0 Å². The Morgan fingerprint density at radius 2 is 2.07 bits per heavy atom. The lowest BCUT2D eigenvalue weighted by Crippen LogP contribution is -2.13. The first-order valence-electron chi connectivity index (χ1n) is 4.31. The quantitative estimate of drug-likeness (QED) is 0.786. The Labute approximate surface area is 86.6 Å².